The summed E-state index contributed by atoms with van der Waals surface area (Å²) < 4.78 is 32.6. The number of rotatable bonds is 7. The predicted octanol–water partition coefficient (Wildman–Crippen LogP) is 4.10. The van der Waals surface area contributed by atoms with E-state index in [4.69, 9.17) is 4.74 Å². The van der Waals surface area contributed by atoms with Gasteiger partial charge in [-0.1, -0.05) is 35.9 Å². The summed E-state index contributed by atoms with van der Waals surface area (Å²) in [5.41, 5.74) is 2.97. The summed E-state index contributed by atoms with van der Waals surface area (Å²) in [6.45, 7) is 2.44. The molecule has 1 amide bonds. The van der Waals surface area contributed by atoms with Crippen molar-refractivity contribution in [3.63, 3.8) is 0 Å². The molecule has 0 radical (unpaired) electrons. The Labute approximate surface area is 183 Å². The minimum absolute atomic E-state index is 0.0559. The molecule has 0 aliphatic heterocycles. The van der Waals surface area contributed by atoms with E-state index in [0.717, 1.165) is 11.1 Å². The Morgan fingerprint density at radius 3 is 2.19 bits per heavy atom. The first-order chi connectivity index (χ1) is 14.7. The van der Waals surface area contributed by atoms with E-state index >= 15 is 0 Å². The van der Waals surface area contributed by atoms with Crippen LogP contribution in [-0.4, -0.2) is 40.4 Å². The van der Waals surface area contributed by atoms with Gasteiger partial charge < -0.3 is 9.64 Å². The Morgan fingerprint density at radius 1 is 0.935 bits per heavy atom. The van der Waals surface area contributed by atoms with Crippen LogP contribution in [0, 0.1) is 6.92 Å². The molecule has 0 aliphatic carbocycles. The van der Waals surface area contributed by atoms with Gasteiger partial charge >= 0.3 is 0 Å². The topological polar surface area (TPSA) is 66.9 Å². The number of amides is 1. The molecule has 0 heterocycles. The van der Waals surface area contributed by atoms with E-state index in [0.29, 0.717) is 23.5 Å². The van der Waals surface area contributed by atoms with Crippen molar-refractivity contribution in [2.24, 2.45) is 0 Å². The SMILES string of the molecule is COc1ccc(N(C)S(=O)(=O)c2cccc(C(=O)N(C)Cc3ccc(C)cc3)c2)cc1. The predicted molar refractivity (Wildman–Crippen MR) is 122 cm³/mol. The van der Waals surface area contributed by atoms with Gasteiger partial charge in [0.25, 0.3) is 15.9 Å². The third-order valence-electron chi connectivity index (χ3n) is 5.06. The average Bonchev–Trinajstić information content (AvgIpc) is 2.79. The van der Waals surface area contributed by atoms with Gasteiger partial charge in [0, 0.05) is 26.2 Å². The van der Waals surface area contributed by atoms with E-state index in [1.807, 2.05) is 31.2 Å². The molecule has 0 spiro atoms. The van der Waals surface area contributed by atoms with Crippen molar-refractivity contribution >= 4 is 21.6 Å². The second-order valence-electron chi connectivity index (χ2n) is 7.35. The number of nitrogens with zero attached hydrogens (tertiary/aromatic N) is 2. The van der Waals surface area contributed by atoms with Crippen molar-refractivity contribution in [3.8, 4) is 5.75 Å². The highest BCUT2D eigenvalue weighted by Gasteiger charge is 2.23. The standard InChI is InChI=1S/C24H26N2O4S/c1-18-8-10-19(11-9-18)17-25(2)24(27)20-6-5-7-23(16-20)31(28,29)26(3)21-12-14-22(30-4)15-13-21/h5-16H,17H2,1-4H3. The smallest absolute Gasteiger partial charge is 0.264 e. The molecule has 3 aromatic rings. The van der Waals surface area contributed by atoms with Crippen LogP contribution in [0.25, 0.3) is 0 Å². The van der Waals surface area contributed by atoms with Gasteiger partial charge in [-0.2, -0.15) is 0 Å². The Bertz CT molecular complexity index is 1160. The highest BCUT2D eigenvalue weighted by Crippen LogP contribution is 2.25. The number of benzene rings is 3. The molecule has 3 rings (SSSR count). The molecule has 0 aromatic heterocycles. The first-order valence-electron chi connectivity index (χ1n) is 9.76. The molecule has 0 atom stereocenters. The molecule has 0 bridgehead atoms. The van der Waals surface area contributed by atoms with Gasteiger partial charge in [-0.05, 0) is 55.0 Å². The Hall–Kier alpha value is -3.32. The van der Waals surface area contributed by atoms with Crippen molar-refractivity contribution in [1.29, 1.82) is 0 Å². The van der Waals surface area contributed by atoms with E-state index in [-0.39, 0.29) is 10.8 Å². The van der Waals surface area contributed by atoms with Crippen molar-refractivity contribution in [1.82, 2.24) is 4.90 Å². The minimum Gasteiger partial charge on any atom is -0.497 e. The zero-order chi connectivity index (χ0) is 22.6. The summed E-state index contributed by atoms with van der Waals surface area (Å²) in [7, 11) is 0.897. The highest BCUT2D eigenvalue weighted by atomic mass is 32.2. The first kappa shape index (κ1) is 22.4. The van der Waals surface area contributed by atoms with Gasteiger partial charge in [-0.25, -0.2) is 8.42 Å². The molecule has 0 aliphatic rings. The Morgan fingerprint density at radius 2 is 1.58 bits per heavy atom. The number of hydrogen-bond donors (Lipinski definition) is 0. The van der Waals surface area contributed by atoms with Crippen molar-refractivity contribution in [3.05, 3.63) is 89.5 Å². The van der Waals surface area contributed by atoms with Crippen LogP contribution >= 0.6 is 0 Å². The maximum atomic E-state index is 13.1. The second-order valence-corrected chi connectivity index (χ2v) is 9.31. The molecular formula is C24H26N2O4S. The summed E-state index contributed by atoms with van der Waals surface area (Å²) >= 11 is 0. The average molecular weight is 439 g/mol. The lowest BCUT2D eigenvalue weighted by atomic mass is 10.1. The number of carbonyl (C=O) groups excluding carboxylic acids is 1. The number of sulfonamides is 1. The molecule has 6 nitrogen and oxygen atoms in total. The molecule has 7 heteroatoms. The molecule has 0 fully saturated rings. The lowest BCUT2D eigenvalue weighted by Crippen LogP contribution is -2.28. The van der Waals surface area contributed by atoms with Crippen LogP contribution in [0.15, 0.2) is 77.7 Å². The monoisotopic (exact) mass is 438 g/mol. The van der Waals surface area contributed by atoms with Crippen LogP contribution in [0.4, 0.5) is 5.69 Å². The fourth-order valence-electron chi connectivity index (χ4n) is 3.14. The van der Waals surface area contributed by atoms with Crippen LogP contribution < -0.4 is 9.04 Å². The maximum Gasteiger partial charge on any atom is 0.264 e. The van der Waals surface area contributed by atoms with Crippen molar-refractivity contribution in [2.75, 3.05) is 25.5 Å². The normalized spacial score (nSPS) is 11.1. The van der Waals surface area contributed by atoms with Gasteiger partial charge in [-0.3, -0.25) is 9.10 Å². The molecule has 3 aromatic carbocycles. The summed E-state index contributed by atoms with van der Waals surface area (Å²) in [6.07, 6.45) is 0. The van der Waals surface area contributed by atoms with Crippen molar-refractivity contribution in [2.45, 2.75) is 18.4 Å². The minimum atomic E-state index is -3.84. The molecule has 0 saturated heterocycles. The first-order valence-corrected chi connectivity index (χ1v) is 11.2. The van der Waals surface area contributed by atoms with E-state index in [9.17, 15) is 13.2 Å². The highest BCUT2D eigenvalue weighted by molar-refractivity contribution is 7.92. The number of methoxy groups -OCH3 is 1. The lowest BCUT2D eigenvalue weighted by molar-refractivity contribution is 0.0785. The second kappa shape index (κ2) is 9.22. The summed E-state index contributed by atoms with van der Waals surface area (Å²) in [5.74, 6) is 0.392. The molecule has 0 unspecified atom stereocenters. The fraction of sp³-hybridized carbons (Fsp3) is 0.208. The van der Waals surface area contributed by atoms with Gasteiger partial charge in [0.15, 0.2) is 0 Å². The van der Waals surface area contributed by atoms with E-state index in [1.165, 1.54) is 23.5 Å². The Balaban J connectivity index is 1.81. The third kappa shape index (κ3) is 5.06. The molecular weight excluding hydrogens is 412 g/mol. The number of carbonyl (C=O) groups is 1. The molecule has 31 heavy (non-hydrogen) atoms. The van der Waals surface area contributed by atoms with E-state index < -0.39 is 10.0 Å². The zero-order valence-electron chi connectivity index (χ0n) is 18.1. The van der Waals surface area contributed by atoms with Crippen molar-refractivity contribution < 1.29 is 17.9 Å². The van der Waals surface area contributed by atoms with Gasteiger partial charge in [0.1, 0.15) is 5.75 Å². The molecule has 0 N–H and O–H groups in total. The zero-order valence-corrected chi connectivity index (χ0v) is 18.9. The summed E-state index contributed by atoms with van der Waals surface area (Å²) in [6, 6.07) is 20.8. The number of hydrogen-bond acceptors (Lipinski definition) is 4. The maximum absolute atomic E-state index is 13.1. The largest absolute Gasteiger partial charge is 0.497 e. The molecule has 162 valence electrons. The third-order valence-corrected chi connectivity index (χ3v) is 6.84. The van der Waals surface area contributed by atoms with Crippen LogP contribution in [0.3, 0.4) is 0 Å². The van der Waals surface area contributed by atoms with Gasteiger partial charge in [-0.15, -0.1) is 0 Å². The Kier molecular flexibility index (Phi) is 6.65. The summed E-state index contributed by atoms with van der Waals surface area (Å²) in [5, 5.41) is 0. The molecule has 0 saturated carbocycles. The number of anilines is 1. The van der Waals surface area contributed by atoms with E-state index in [2.05, 4.69) is 0 Å². The van der Waals surface area contributed by atoms with Gasteiger partial charge in [0.05, 0.1) is 17.7 Å². The van der Waals surface area contributed by atoms with Crippen LogP contribution in [0.5, 0.6) is 5.75 Å². The van der Waals surface area contributed by atoms with E-state index in [1.54, 1.807) is 55.5 Å². The fourth-order valence-corrected chi connectivity index (χ4v) is 4.38. The van der Waals surface area contributed by atoms with Crippen LogP contribution in [0.2, 0.25) is 0 Å². The number of ether oxygens (including phenoxy) is 1. The van der Waals surface area contributed by atoms with Crippen LogP contribution in [-0.2, 0) is 16.6 Å². The van der Waals surface area contributed by atoms with Gasteiger partial charge in [0.2, 0.25) is 0 Å². The lowest BCUT2D eigenvalue weighted by Gasteiger charge is -2.21. The summed E-state index contributed by atoms with van der Waals surface area (Å²) in [4.78, 5) is 14.5. The number of aryl methyl sites for hydroxylation is 1. The van der Waals surface area contributed by atoms with Crippen LogP contribution in [0.1, 0.15) is 21.5 Å². The quantitative estimate of drug-likeness (QED) is 0.557.